The highest BCUT2D eigenvalue weighted by molar-refractivity contribution is 5.97. The summed E-state index contributed by atoms with van der Waals surface area (Å²) in [4.78, 5) is 4.31. The first-order valence-electron chi connectivity index (χ1n) is 5.05. The summed E-state index contributed by atoms with van der Waals surface area (Å²) in [5.41, 5.74) is 14.4. The van der Waals surface area contributed by atoms with Crippen LogP contribution in [0.5, 0.6) is 0 Å². The van der Waals surface area contributed by atoms with Crippen LogP contribution in [0.15, 0.2) is 23.2 Å². The third-order valence-electron chi connectivity index (χ3n) is 2.48. The fourth-order valence-corrected chi connectivity index (χ4v) is 1.75. The van der Waals surface area contributed by atoms with E-state index in [2.05, 4.69) is 4.99 Å². The maximum Gasteiger partial charge on any atom is 0.216 e. The minimum absolute atomic E-state index is 0.478. The molecule has 4 N–H and O–H groups in total. The first-order chi connectivity index (χ1) is 7.36. The Morgan fingerprint density at radius 2 is 1.87 bits per heavy atom. The lowest BCUT2D eigenvalue weighted by atomic mass is 10.0. The van der Waals surface area contributed by atoms with Gasteiger partial charge in [-0.2, -0.15) is 0 Å². The summed E-state index contributed by atoms with van der Waals surface area (Å²) in [7, 11) is 0. The van der Waals surface area contributed by atoms with Crippen LogP contribution in [-0.2, 0) is 17.8 Å². The van der Waals surface area contributed by atoms with Crippen molar-refractivity contribution in [2.75, 3.05) is 13.2 Å². The number of nitrogens with zero attached hydrogens (tertiary/aromatic N) is 1. The zero-order valence-corrected chi connectivity index (χ0v) is 8.57. The maximum absolute atomic E-state index is 5.69. The van der Waals surface area contributed by atoms with E-state index in [9.17, 15) is 0 Å². The molecule has 80 valence electrons. The Balaban J connectivity index is 2.49. The van der Waals surface area contributed by atoms with Crippen LogP contribution in [-0.4, -0.2) is 19.0 Å². The highest BCUT2D eigenvalue weighted by Crippen LogP contribution is 2.18. The van der Waals surface area contributed by atoms with Crippen LogP contribution in [0.2, 0.25) is 0 Å². The maximum atomic E-state index is 5.69. The molecule has 0 amide bonds. The molecule has 0 unspecified atom stereocenters. The zero-order valence-electron chi connectivity index (χ0n) is 8.57. The molecule has 1 aromatic rings. The van der Waals surface area contributed by atoms with Gasteiger partial charge in [0.2, 0.25) is 5.90 Å². The summed E-state index contributed by atoms with van der Waals surface area (Å²) in [5, 5.41) is 0. The van der Waals surface area contributed by atoms with Gasteiger partial charge in [-0.1, -0.05) is 18.2 Å². The van der Waals surface area contributed by atoms with Gasteiger partial charge >= 0.3 is 0 Å². The summed E-state index contributed by atoms with van der Waals surface area (Å²) in [6, 6.07) is 5.93. The van der Waals surface area contributed by atoms with E-state index in [4.69, 9.17) is 16.2 Å². The van der Waals surface area contributed by atoms with E-state index >= 15 is 0 Å². The number of rotatable bonds is 3. The normalized spacial score (nSPS) is 14.9. The predicted molar refractivity (Wildman–Crippen MR) is 59.6 cm³/mol. The molecule has 0 radical (unpaired) electrons. The van der Waals surface area contributed by atoms with Crippen molar-refractivity contribution in [2.24, 2.45) is 16.5 Å². The average Bonchev–Trinajstić information content (AvgIpc) is 2.81. The van der Waals surface area contributed by atoms with Crippen molar-refractivity contribution in [3.8, 4) is 0 Å². The van der Waals surface area contributed by atoms with Crippen LogP contribution in [0.1, 0.15) is 16.7 Å². The molecule has 0 atom stereocenters. The standard InChI is InChI=1S/C11H15N3O/c12-6-8-2-1-3-9(7-13)10(8)11-14-4-5-15-11/h1-3H,4-7,12-13H2. The third-order valence-corrected chi connectivity index (χ3v) is 2.48. The second kappa shape index (κ2) is 4.42. The Morgan fingerprint density at radius 1 is 1.20 bits per heavy atom. The first-order valence-corrected chi connectivity index (χ1v) is 5.05. The molecule has 2 rings (SSSR count). The van der Waals surface area contributed by atoms with Crippen LogP contribution in [0.25, 0.3) is 0 Å². The number of nitrogens with two attached hydrogens (primary N) is 2. The van der Waals surface area contributed by atoms with Gasteiger partial charge in [-0.15, -0.1) is 0 Å². The van der Waals surface area contributed by atoms with Gasteiger partial charge in [0.05, 0.1) is 6.54 Å². The van der Waals surface area contributed by atoms with Gasteiger partial charge in [-0.25, -0.2) is 4.99 Å². The van der Waals surface area contributed by atoms with Gasteiger partial charge in [0.25, 0.3) is 0 Å². The molecule has 1 heterocycles. The number of hydrogen-bond acceptors (Lipinski definition) is 4. The SMILES string of the molecule is NCc1cccc(CN)c1C1=NCCO1. The summed E-state index contributed by atoms with van der Waals surface area (Å²) < 4.78 is 5.46. The molecule has 0 spiro atoms. The molecule has 0 aliphatic carbocycles. The van der Waals surface area contributed by atoms with Crippen LogP contribution in [0.4, 0.5) is 0 Å². The average molecular weight is 205 g/mol. The smallest absolute Gasteiger partial charge is 0.216 e. The summed E-state index contributed by atoms with van der Waals surface area (Å²) in [6.07, 6.45) is 0. The minimum Gasteiger partial charge on any atom is -0.475 e. The predicted octanol–water partition coefficient (Wildman–Crippen LogP) is 0.381. The molecule has 1 aromatic carbocycles. The Kier molecular flexibility index (Phi) is 2.99. The van der Waals surface area contributed by atoms with E-state index < -0.39 is 0 Å². The molecule has 0 bridgehead atoms. The van der Waals surface area contributed by atoms with Crippen LogP contribution in [0, 0.1) is 0 Å². The van der Waals surface area contributed by atoms with Crippen LogP contribution < -0.4 is 11.5 Å². The fraction of sp³-hybridized carbons (Fsp3) is 0.364. The van der Waals surface area contributed by atoms with Gasteiger partial charge in [0.15, 0.2) is 0 Å². The van der Waals surface area contributed by atoms with E-state index in [-0.39, 0.29) is 0 Å². The van der Waals surface area contributed by atoms with Crippen molar-refractivity contribution in [3.63, 3.8) is 0 Å². The van der Waals surface area contributed by atoms with Crippen molar-refractivity contribution in [2.45, 2.75) is 13.1 Å². The van der Waals surface area contributed by atoms with E-state index in [1.807, 2.05) is 18.2 Å². The van der Waals surface area contributed by atoms with Crippen molar-refractivity contribution in [1.29, 1.82) is 0 Å². The lowest BCUT2D eigenvalue weighted by Gasteiger charge is -2.12. The molecular formula is C11H15N3O. The Hall–Kier alpha value is -1.39. The second-order valence-corrected chi connectivity index (χ2v) is 3.39. The van der Waals surface area contributed by atoms with Crippen molar-refractivity contribution >= 4 is 5.90 Å². The van der Waals surface area contributed by atoms with Gasteiger partial charge in [0, 0.05) is 18.7 Å². The lowest BCUT2D eigenvalue weighted by Crippen LogP contribution is -2.14. The highest BCUT2D eigenvalue weighted by Gasteiger charge is 2.17. The number of ether oxygens (including phenoxy) is 1. The van der Waals surface area contributed by atoms with Crippen LogP contribution in [0.3, 0.4) is 0 Å². The Labute approximate surface area is 88.9 Å². The number of aliphatic imine (C=N–C) groups is 1. The highest BCUT2D eigenvalue weighted by atomic mass is 16.5. The molecule has 0 saturated carbocycles. The monoisotopic (exact) mass is 205 g/mol. The molecule has 4 nitrogen and oxygen atoms in total. The molecule has 0 fully saturated rings. The van der Waals surface area contributed by atoms with E-state index in [1.54, 1.807) is 0 Å². The Morgan fingerprint density at radius 3 is 2.33 bits per heavy atom. The molecule has 0 saturated heterocycles. The zero-order chi connectivity index (χ0) is 10.7. The number of benzene rings is 1. The van der Waals surface area contributed by atoms with Gasteiger partial charge in [0.1, 0.15) is 6.61 Å². The topological polar surface area (TPSA) is 73.6 Å². The molecular weight excluding hydrogens is 190 g/mol. The largest absolute Gasteiger partial charge is 0.475 e. The molecule has 15 heavy (non-hydrogen) atoms. The summed E-state index contributed by atoms with van der Waals surface area (Å²) >= 11 is 0. The van der Waals surface area contributed by atoms with Gasteiger partial charge in [-0.3, -0.25) is 0 Å². The second-order valence-electron chi connectivity index (χ2n) is 3.39. The quantitative estimate of drug-likeness (QED) is 0.749. The summed E-state index contributed by atoms with van der Waals surface area (Å²) in [5.74, 6) is 0.691. The molecule has 1 aliphatic rings. The van der Waals surface area contributed by atoms with Crippen molar-refractivity contribution in [1.82, 2.24) is 0 Å². The lowest BCUT2D eigenvalue weighted by molar-refractivity contribution is 0.348. The van der Waals surface area contributed by atoms with E-state index in [0.717, 1.165) is 23.2 Å². The molecule has 4 heteroatoms. The minimum atomic E-state index is 0.478. The van der Waals surface area contributed by atoms with E-state index in [0.29, 0.717) is 25.6 Å². The van der Waals surface area contributed by atoms with Crippen LogP contribution >= 0.6 is 0 Å². The van der Waals surface area contributed by atoms with E-state index in [1.165, 1.54) is 0 Å². The Bertz CT molecular complexity index is 365. The first kappa shape index (κ1) is 10.1. The van der Waals surface area contributed by atoms with Crippen molar-refractivity contribution < 1.29 is 4.74 Å². The number of hydrogen-bond donors (Lipinski definition) is 2. The van der Waals surface area contributed by atoms with Gasteiger partial charge < -0.3 is 16.2 Å². The van der Waals surface area contributed by atoms with Crippen molar-refractivity contribution in [3.05, 3.63) is 34.9 Å². The third kappa shape index (κ3) is 1.86. The summed E-state index contributed by atoms with van der Waals surface area (Å²) in [6.45, 7) is 2.33. The fourth-order valence-electron chi connectivity index (χ4n) is 1.75. The molecule has 0 aromatic heterocycles. The van der Waals surface area contributed by atoms with Gasteiger partial charge in [-0.05, 0) is 11.1 Å². The molecule has 1 aliphatic heterocycles.